The van der Waals surface area contributed by atoms with Gasteiger partial charge in [-0.25, -0.2) is 5.43 Å². The number of hydrogen-bond donors (Lipinski definition) is 2. The van der Waals surface area contributed by atoms with Crippen molar-refractivity contribution in [3.8, 4) is 0 Å². The number of aromatic nitrogens is 2. The van der Waals surface area contributed by atoms with Gasteiger partial charge < -0.3 is 0 Å². The van der Waals surface area contributed by atoms with Crippen LogP contribution >= 0.6 is 23.2 Å². The van der Waals surface area contributed by atoms with Crippen LogP contribution in [-0.4, -0.2) is 22.3 Å². The molecule has 2 N–H and O–H groups in total. The predicted octanol–water partition coefficient (Wildman–Crippen LogP) is 3.42. The summed E-state index contributed by atoms with van der Waals surface area (Å²) in [5.74, 6) is -0.156. The zero-order valence-electron chi connectivity index (χ0n) is 12.3. The molecule has 0 spiro atoms. The Kier molecular flexibility index (Phi) is 5.57. The number of hydrazone groups is 1. The highest BCUT2D eigenvalue weighted by Gasteiger charge is 2.08. The van der Waals surface area contributed by atoms with E-state index in [4.69, 9.17) is 23.2 Å². The molecule has 7 heteroatoms. The van der Waals surface area contributed by atoms with Crippen molar-refractivity contribution >= 4 is 35.3 Å². The molecule has 5 nitrogen and oxygen atoms in total. The molecule has 1 aromatic heterocycles. The molecule has 116 valence electrons. The molecule has 1 aromatic carbocycles. The van der Waals surface area contributed by atoms with E-state index in [1.807, 2.05) is 13.8 Å². The first-order valence-electron chi connectivity index (χ1n) is 6.74. The number of carbonyl (C=O) groups is 1. The fourth-order valence-corrected chi connectivity index (χ4v) is 2.31. The summed E-state index contributed by atoms with van der Waals surface area (Å²) in [5.41, 5.74) is 6.23. The van der Waals surface area contributed by atoms with Gasteiger partial charge in [0.25, 0.3) is 0 Å². The van der Waals surface area contributed by atoms with E-state index in [-0.39, 0.29) is 5.91 Å². The Morgan fingerprint density at radius 3 is 2.77 bits per heavy atom. The molecule has 0 saturated carbocycles. The quantitative estimate of drug-likeness (QED) is 0.647. The zero-order valence-corrected chi connectivity index (χ0v) is 13.8. The zero-order chi connectivity index (χ0) is 16.1. The number of nitrogens with one attached hydrogen (secondary N) is 2. The van der Waals surface area contributed by atoms with Crippen LogP contribution in [0.1, 0.15) is 28.9 Å². The summed E-state index contributed by atoms with van der Waals surface area (Å²) in [7, 11) is 0. The minimum Gasteiger partial charge on any atom is -0.282 e. The second-order valence-electron chi connectivity index (χ2n) is 4.88. The van der Waals surface area contributed by atoms with E-state index in [0.717, 1.165) is 22.5 Å². The second-order valence-corrected chi connectivity index (χ2v) is 5.69. The largest absolute Gasteiger partial charge is 0.282 e. The molecule has 0 bridgehead atoms. The number of rotatable bonds is 5. The molecule has 0 saturated heterocycles. The molecule has 2 aromatic rings. The molecule has 2 rings (SSSR count). The minimum absolute atomic E-state index is 0.156. The summed E-state index contributed by atoms with van der Waals surface area (Å²) in [6.07, 6.45) is 2.50. The Morgan fingerprint density at radius 1 is 1.36 bits per heavy atom. The summed E-state index contributed by atoms with van der Waals surface area (Å²) in [4.78, 5) is 11.8. The number of aryl methyl sites for hydroxylation is 2. The first kappa shape index (κ1) is 16.5. The van der Waals surface area contributed by atoms with E-state index in [9.17, 15) is 4.79 Å². The van der Waals surface area contributed by atoms with Gasteiger partial charge in [-0.05, 0) is 43.5 Å². The van der Waals surface area contributed by atoms with Gasteiger partial charge in [0, 0.05) is 12.1 Å². The van der Waals surface area contributed by atoms with E-state index >= 15 is 0 Å². The Morgan fingerprint density at radius 2 is 2.14 bits per heavy atom. The topological polar surface area (TPSA) is 70.1 Å². The molecule has 0 atom stereocenters. The van der Waals surface area contributed by atoms with Gasteiger partial charge in [0.2, 0.25) is 5.91 Å². The molecular formula is C15H16Cl2N4O. The molecule has 0 fully saturated rings. The van der Waals surface area contributed by atoms with E-state index in [1.54, 1.807) is 18.2 Å². The van der Waals surface area contributed by atoms with Gasteiger partial charge in [0.1, 0.15) is 0 Å². The molecular weight excluding hydrogens is 323 g/mol. The van der Waals surface area contributed by atoms with Gasteiger partial charge in [-0.15, -0.1) is 0 Å². The van der Waals surface area contributed by atoms with Crippen molar-refractivity contribution < 1.29 is 4.79 Å². The monoisotopic (exact) mass is 338 g/mol. The highest BCUT2D eigenvalue weighted by atomic mass is 35.5. The number of hydrogen-bond acceptors (Lipinski definition) is 3. The van der Waals surface area contributed by atoms with Crippen molar-refractivity contribution in [2.75, 3.05) is 0 Å². The van der Waals surface area contributed by atoms with Gasteiger partial charge in [-0.1, -0.05) is 29.3 Å². The van der Waals surface area contributed by atoms with Crippen molar-refractivity contribution in [2.45, 2.75) is 26.7 Å². The lowest BCUT2D eigenvalue weighted by molar-refractivity contribution is -0.121. The van der Waals surface area contributed by atoms with E-state index in [0.29, 0.717) is 22.9 Å². The molecule has 1 amide bonds. The highest BCUT2D eigenvalue weighted by Crippen LogP contribution is 2.21. The van der Waals surface area contributed by atoms with E-state index < -0.39 is 0 Å². The van der Waals surface area contributed by atoms with Crippen LogP contribution in [0.25, 0.3) is 0 Å². The smallest absolute Gasteiger partial charge is 0.240 e. The first-order chi connectivity index (χ1) is 10.5. The van der Waals surface area contributed by atoms with Crippen molar-refractivity contribution in [3.05, 3.63) is 50.8 Å². The van der Waals surface area contributed by atoms with Gasteiger partial charge in [0.15, 0.2) is 0 Å². The minimum atomic E-state index is -0.156. The van der Waals surface area contributed by atoms with Gasteiger partial charge in [0.05, 0.1) is 22.0 Å². The van der Waals surface area contributed by atoms with E-state index in [2.05, 4.69) is 20.7 Å². The van der Waals surface area contributed by atoms with Crippen LogP contribution in [0, 0.1) is 13.8 Å². The van der Waals surface area contributed by atoms with Gasteiger partial charge >= 0.3 is 0 Å². The third kappa shape index (κ3) is 4.32. The number of amides is 1. The van der Waals surface area contributed by atoms with Crippen molar-refractivity contribution in [2.24, 2.45) is 5.10 Å². The summed E-state index contributed by atoms with van der Waals surface area (Å²) in [6, 6.07) is 5.12. The SMILES string of the molecule is Cc1n[nH]c(C)c1CCC(=O)N/N=C/c1ccc(Cl)c(Cl)c1. The standard InChI is InChI=1S/C15H16Cl2N4O/c1-9-12(10(2)20-19-9)4-6-15(22)21-18-8-11-3-5-13(16)14(17)7-11/h3,5,7-8H,4,6H2,1-2H3,(H,19,20)(H,21,22)/b18-8+. The summed E-state index contributed by atoms with van der Waals surface area (Å²) in [6.45, 7) is 3.86. The fourth-order valence-electron chi connectivity index (χ4n) is 2.01. The molecule has 1 heterocycles. The maximum Gasteiger partial charge on any atom is 0.240 e. The van der Waals surface area contributed by atoms with E-state index in [1.165, 1.54) is 6.21 Å². The number of aromatic amines is 1. The average Bonchev–Trinajstić information content (AvgIpc) is 2.80. The van der Waals surface area contributed by atoms with Crippen molar-refractivity contribution in [1.82, 2.24) is 15.6 Å². The average molecular weight is 339 g/mol. The predicted molar refractivity (Wildman–Crippen MR) is 88.6 cm³/mol. The lowest BCUT2D eigenvalue weighted by atomic mass is 10.1. The van der Waals surface area contributed by atoms with Crippen molar-refractivity contribution in [1.29, 1.82) is 0 Å². The van der Waals surface area contributed by atoms with Crippen LogP contribution in [0.5, 0.6) is 0 Å². The Hall–Kier alpha value is -1.85. The highest BCUT2D eigenvalue weighted by molar-refractivity contribution is 6.42. The molecule has 0 aliphatic carbocycles. The Labute approximate surface area is 138 Å². The number of nitrogens with zero attached hydrogens (tertiary/aromatic N) is 2. The van der Waals surface area contributed by atoms with Crippen LogP contribution in [-0.2, 0) is 11.2 Å². The normalized spacial score (nSPS) is 11.1. The maximum absolute atomic E-state index is 11.8. The second kappa shape index (κ2) is 7.42. The maximum atomic E-state index is 11.8. The number of halogens is 2. The molecule has 0 aliphatic heterocycles. The number of benzene rings is 1. The molecule has 22 heavy (non-hydrogen) atoms. The van der Waals surface area contributed by atoms with Crippen LogP contribution in [0.3, 0.4) is 0 Å². The lowest BCUT2D eigenvalue weighted by Crippen LogP contribution is -2.18. The van der Waals surface area contributed by atoms with Crippen LogP contribution in [0.15, 0.2) is 23.3 Å². The van der Waals surface area contributed by atoms with Crippen LogP contribution in [0.2, 0.25) is 10.0 Å². The lowest BCUT2D eigenvalue weighted by Gasteiger charge is -2.01. The third-order valence-electron chi connectivity index (χ3n) is 3.23. The first-order valence-corrected chi connectivity index (χ1v) is 7.50. The molecule has 0 aliphatic rings. The number of carbonyl (C=O) groups excluding carboxylic acids is 1. The molecule has 0 unspecified atom stereocenters. The fraction of sp³-hybridized carbons (Fsp3) is 0.267. The number of H-pyrrole nitrogens is 1. The molecule has 0 radical (unpaired) electrons. The van der Waals surface area contributed by atoms with Crippen LogP contribution < -0.4 is 5.43 Å². The van der Waals surface area contributed by atoms with Gasteiger partial charge in [-0.2, -0.15) is 10.2 Å². The Balaban J connectivity index is 1.85. The summed E-state index contributed by atoms with van der Waals surface area (Å²) < 4.78 is 0. The van der Waals surface area contributed by atoms with Crippen LogP contribution in [0.4, 0.5) is 0 Å². The Bertz CT molecular complexity index is 690. The summed E-state index contributed by atoms with van der Waals surface area (Å²) >= 11 is 11.7. The van der Waals surface area contributed by atoms with Crippen molar-refractivity contribution in [3.63, 3.8) is 0 Å². The third-order valence-corrected chi connectivity index (χ3v) is 3.97. The van der Waals surface area contributed by atoms with Gasteiger partial charge in [-0.3, -0.25) is 9.89 Å². The summed E-state index contributed by atoms with van der Waals surface area (Å²) in [5, 5.41) is 11.8.